The SMILES string of the molecule is Cc1cc(N(C)C)cc([C@@H]2CCN(Cc3cc(C)on3)C2)n1. The van der Waals surface area contributed by atoms with E-state index < -0.39 is 0 Å². The van der Waals surface area contributed by atoms with Crippen LogP contribution in [0.25, 0.3) is 0 Å². The maximum atomic E-state index is 5.15. The minimum atomic E-state index is 0.506. The van der Waals surface area contributed by atoms with Gasteiger partial charge in [0.25, 0.3) is 0 Å². The van der Waals surface area contributed by atoms with Gasteiger partial charge in [-0.15, -0.1) is 0 Å². The molecular weight excluding hydrogens is 276 g/mol. The van der Waals surface area contributed by atoms with Gasteiger partial charge >= 0.3 is 0 Å². The quantitative estimate of drug-likeness (QED) is 0.869. The maximum absolute atomic E-state index is 5.15. The average Bonchev–Trinajstić information content (AvgIpc) is 3.08. The summed E-state index contributed by atoms with van der Waals surface area (Å²) in [6.07, 6.45) is 1.15. The van der Waals surface area contributed by atoms with E-state index in [1.165, 1.54) is 11.4 Å². The second-order valence-electron chi connectivity index (χ2n) is 6.44. The molecule has 2 aromatic rings. The van der Waals surface area contributed by atoms with E-state index in [0.717, 1.165) is 43.2 Å². The summed E-state index contributed by atoms with van der Waals surface area (Å²) in [4.78, 5) is 9.33. The van der Waals surface area contributed by atoms with Crippen molar-refractivity contribution in [1.29, 1.82) is 0 Å². The molecule has 3 heterocycles. The van der Waals surface area contributed by atoms with Crippen LogP contribution in [-0.2, 0) is 6.54 Å². The molecule has 3 rings (SSSR count). The van der Waals surface area contributed by atoms with E-state index in [1.54, 1.807) is 0 Å². The first-order valence-corrected chi connectivity index (χ1v) is 7.82. The first-order chi connectivity index (χ1) is 10.5. The summed E-state index contributed by atoms with van der Waals surface area (Å²) in [6, 6.07) is 6.37. The smallest absolute Gasteiger partial charge is 0.133 e. The molecule has 0 amide bonds. The van der Waals surface area contributed by atoms with E-state index in [2.05, 4.69) is 48.1 Å². The van der Waals surface area contributed by atoms with Crippen molar-refractivity contribution >= 4 is 5.69 Å². The standard InChI is InChI=1S/C17H24N4O/c1-12-7-16(20(3)4)9-17(18-12)14-5-6-21(10-14)11-15-8-13(2)22-19-15/h7-9,14H,5-6,10-11H2,1-4H3/t14-/m1/s1. The Morgan fingerprint density at radius 3 is 2.77 bits per heavy atom. The number of hydrogen-bond acceptors (Lipinski definition) is 5. The fourth-order valence-corrected chi connectivity index (χ4v) is 3.08. The Labute approximate surface area is 131 Å². The number of rotatable bonds is 4. The minimum absolute atomic E-state index is 0.506. The van der Waals surface area contributed by atoms with Gasteiger partial charge in [-0.1, -0.05) is 5.16 Å². The molecule has 5 nitrogen and oxygen atoms in total. The highest BCUT2D eigenvalue weighted by Gasteiger charge is 2.26. The van der Waals surface area contributed by atoms with E-state index in [4.69, 9.17) is 9.51 Å². The third-order valence-corrected chi connectivity index (χ3v) is 4.23. The first kappa shape index (κ1) is 15.0. The topological polar surface area (TPSA) is 45.4 Å². The third kappa shape index (κ3) is 3.30. The zero-order valence-electron chi connectivity index (χ0n) is 13.8. The molecule has 1 saturated heterocycles. The van der Waals surface area contributed by atoms with Gasteiger partial charge in [-0.25, -0.2) is 0 Å². The molecule has 0 radical (unpaired) electrons. The van der Waals surface area contributed by atoms with Crippen LogP contribution in [0.1, 0.15) is 35.2 Å². The average molecular weight is 300 g/mol. The number of likely N-dealkylation sites (tertiary alicyclic amines) is 1. The van der Waals surface area contributed by atoms with Crippen LogP contribution in [0.4, 0.5) is 5.69 Å². The molecule has 1 aliphatic heterocycles. The zero-order chi connectivity index (χ0) is 15.7. The molecule has 118 valence electrons. The van der Waals surface area contributed by atoms with Crippen molar-refractivity contribution in [2.45, 2.75) is 32.7 Å². The summed E-state index contributed by atoms with van der Waals surface area (Å²) < 4.78 is 5.15. The van der Waals surface area contributed by atoms with Gasteiger partial charge in [0.1, 0.15) is 5.76 Å². The molecule has 2 aromatic heterocycles. The summed E-state index contributed by atoms with van der Waals surface area (Å²) in [5.74, 6) is 1.38. The largest absolute Gasteiger partial charge is 0.378 e. The van der Waals surface area contributed by atoms with Crippen LogP contribution in [0.3, 0.4) is 0 Å². The molecule has 0 aromatic carbocycles. The molecule has 0 N–H and O–H groups in total. The molecule has 0 bridgehead atoms. The van der Waals surface area contributed by atoms with Crippen LogP contribution in [0.15, 0.2) is 22.7 Å². The zero-order valence-corrected chi connectivity index (χ0v) is 13.8. The molecular formula is C17H24N4O. The Hall–Kier alpha value is -1.88. The number of nitrogens with zero attached hydrogens (tertiary/aromatic N) is 4. The van der Waals surface area contributed by atoms with E-state index in [9.17, 15) is 0 Å². The van der Waals surface area contributed by atoms with Gasteiger partial charge in [0.05, 0.1) is 5.69 Å². The summed E-state index contributed by atoms with van der Waals surface area (Å²) in [5.41, 5.74) is 4.55. The predicted octanol–water partition coefficient (Wildman–Crippen LogP) is 2.74. The number of pyridine rings is 1. The molecule has 1 atom stereocenters. The Bertz CT molecular complexity index is 650. The molecule has 0 unspecified atom stereocenters. The van der Waals surface area contributed by atoms with E-state index in [-0.39, 0.29) is 0 Å². The van der Waals surface area contributed by atoms with Crippen molar-refractivity contribution in [3.63, 3.8) is 0 Å². The number of anilines is 1. The van der Waals surface area contributed by atoms with Gasteiger partial charge in [0.15, 0.2) is 0 Å². The fraction of sp³-hybridized carbons (Fsp3) is 0.529. The first-order valence-electron chi connectivity index (χ1n) is 7.82. The van der Waals surface area contributed by atoms with Gasteiger partial charge in [-0.2, -0.15) is 0 Å². The Morgan fingerprint density at radius 2 is 2.09 bits per heavy atom. The Kier molecular flexibility index (Phi) is 4.16. The Morgan fingerprint density at radius 1 is 1.27 bits per heavy atom. The van der Waals surface area contributed by atoms with E-state index in [1.807, 2.05) is 13.0 Å². The molecule has 0 aliphatic carbocycles. The number of aryl methyl sites for hydroxylation is 2. The van der Waals surface area contributed by atoms with Crippen molar-refractivity contribution in [2.75, 3.05) is 32.1 Å². The lowest BCUT2D eigenvalue weighted by molar-refractivity contribution is 0.308. The second-order valence-corrected chi connectivity index (χ2v) is 6.44. The van der Waals surface area contributed by atoms with Gasteiger partial charge in [0.2, 0.25) is 0 Å². The number of aromatic nitrogens is 2. The minimum Gasteiger partial charge on any atom is -0.378 e. The molecule has 5 heteroatoms. The monoisotopic (exact) mass is 300 g/mol. The lowest BCUT2D eigenvalue weighted by Crippen LogP contribution is -2.20. The molecule has 1 aliphatic rings. The normalized spacial score (nSPS) is 18.8. The molecule has 1 fully saturated rings. The molecule has 22 heavy (non-hydrogen) atoms. The van der Waals surface area contributed by atoms with Crippen LogP contribution < -0.4 is 4.90 Å². The summed E-state index contributed by atoms with van der Waals surface area (Å²) in [6.45, 7) is 6.99. The van der Waals surface area contributed by atoms with Crippen LogP contribution in [0.2, 0.25) is 0 Å². The van der Waals surface area contributed by atoms with Crippen LogP contribution in [-0.4, -0.2) is 42.2 Å². The maximum Gasteiger partial charge on any atom is 0.133 e. The second kappa shape index (κ2) is 6.08. The summed E-state index contributed by atoms with van der Waals surface area (Å²) in [7, 11) is 4.15. The highest BCUT2D eigenvalue weighted by Crippen LogP contribution is 2.29. The van der Waals surface area contributed by atoms with Crippen molar-refractivity contribution < 1.29 is 4.52 Å². The Balaban J connectivity index is 1.69. The van der Waals surface area contributed by atoms with Gasteiger partial charge in [0, 0.05) is 56.2 Å². The molecule has 0 spiro atoms. The van der Waals surface area contributed by atoms with Crippen LogP contribution in [0, 0.1) is 13.8 Å². The predicted molar refractivity (Wildman–Crippen MR) is 87.2 cm³/mol. The third-order valence-electron chi connectivity index (χ3n) is 4.23. The lowest BCUT2D eigenvalue weighted by Gasteiger charge is -2.18. The van der Waals surface area contributed by atoms with Gasteiger partial charge in [-0.05, 0) is 38.9 Å². The van der Waals surface area contributed by atoms with Crippen molar-refractivity contribution in [2.24, 2.45) is 0 Å². The van der Waals surface area contributed by atoms with Crippen molar-refractivity contribution in [1.82, 2.24) is 15.0 Å². The van der Waals surface area contributed by atoms with Crippen LogP contribution >= 0.6 is 0 Å². The highest BCUT2D eigenvalue weighted by atomic mass is 16.5. The number of hydrogen-bond donors (Lipinski definition) is 0. The summed E-state index contributed by atoms with van der Waals surface area (Å²) >= 11 is 0. The van der Waals surface area contributed by atoms with Gasteiger partial charge in [-0.3, -0.25) is 9.88 Å². The fourth-order valence-electron chi connectivity index (χ4n) is 3.08. The van der Waals surface area contributed by atoms with E-state index in [0.29, 0.717) is 5.92 Å². The van der Waals surface area contributed by atoms with E-state index >= 15 is 0 Å². The van der Waals surface area contributed by atoms with Crippen molar-refractivity contribution in [3.8, 4) is 0 Å². The highest BCUT2D eigenvalue weighted by molar-refractivity contribution is 5.47. The van der Waals surface area contributed by atoms with Gasteiger partial charge < -0.3 is 9.42 Å². The summed E-state index contributed by atoms with van der Waals surface area (Å²) in [5, 5.41) is 4.09. The van der Waals surface area contributed by atoms with Crippen molar-refractivity contribution in [3.05, 3.63) is 41.0 Å². The lowest BCUT2D eigenvalue weighted by atomic mass is 10.0. The molecule has 0 saturated carbocycles. The van der Waals surface area contributed by atoms with Crippen LogP contribution in [0.5, 0.6) is 0 Å².